The average Bonchev–Trinajstić information content (AvgIpc) is 2.72. The van der Waals surface area contributed by atoms with Gasteiger partial charge in [-0.05, 0) is 94.7 Å². The van der Waals surface area contributed by atoms with Crippen LogP contribution in [0.3, 0.4) is 0 Å². The summed E-state index contributed by atoms with van der Waals surface area (Å²) in [7, 11) is 14.5. The van der Waals surface area contributed by atoms with E-state index in [0.717, 1.165) is 62.3 Å². The molecule has 0 atom stereocenters. The highest BCUT2D eigenvalue weighted by atomic mass is 14.4. The van der Waals surface area contributed by atoms with E-state index in [1.54, 1.807) is 14.3 Å². The van der Waals surface area contributed by atoms with Crippen molar-refractivity contribution in [2.24, 2.45) is 43.3 Å². The summed E-state index contributed by atoms with van der Waals surface area (Å²) < 4.78 is 0. The molecule has 0 fully saturated rings. The lowest BCUT2D eigenvalue weighted by Gasteiger charge is -2.42. The highest BCUT2D eigenvalue weighted by Gasteiger charge is 2.37. The van der Waals surface area contributed by atoms with E-state index in [1.807, 2.05) is 0 Å². The van der Waals surface area contributed by atoms with E-state index in [1.165, 1.54) is 11.1 Å². The lowest BCUT2D eigenvalue weighted by Crippen LogP contribution is -2.31. The topological polar surface area (TPSA) is 0 Å². The lowest BCUT2D eigenvalue weighted by atomic mass is 9.48. The maximum Gasteiger partial charge on any atom is 0.0893 e. The SMILES string of the molecule is [B][B]C(=C)CC(C)(C)CC(C)(C)CC(C)(C)C(=C)CC(C)(C)C.[B][B]C(=C)CC(C)(C)CC(C)(C)CC(C)(C)C(=C)CC(C)(C)C. The summed E-state index contributed by atoms with van der Waals surface area (Å²) in [6, 6.07) is 0. The molecule has 0 bridgehead atoms. The van der Waals surface area contributed by atoms with Crippen molar-refractivity contribution in [3.05, 3.63) is 48.4 Å². The van der Waals surface area contributed by atoms with Gasteiger partial charge >= 0.3 is 0 Å². The second kappa shape index (κ2) is 17.2. The van der Waals surface area contributed by atoms with Crippen molar-refractivity contribution >= 4 is 29.8 Å². The van der Waals surface area contributed by atoms with E-state index < -0.39 is 0 Å². The highest BCUT2D eigenvalue weighted by molar-refractivity contribution is 6.94. The summed E-state index contributed by atoms with van der Waals surface area (Å²) >= 11 is 0. The largest absolute Gasteiger partial charge is 0.126 e. The monoisotopic (exact) mass is 627 g/mol. The number of rotatable bonds is 18. The molecule has 0 amide bonds. The van der Waals surface area contributed by atoms with Gasteiger partial charge in [-0.15, -0.1) is 24.1 Å². The lowest BCUT2D eigenvalue weighted by molar-refractivity contribution is 0.136. The molecule has 0 heterocycles. The van der Waals surface area contributed by atoms with Gasteiger partial charge in [-0.3, -0.25) is 0 Å². The molecule has 0 rings (SSSR count). The molecule has 0 aromatic carbocycles. The molecular weight excluding hydrogens is 548 g/mol. The van der Waals surface area contributed by atoms with Gasteiger partial charge in [0.25, 0.3) is 0 Å². The molecule has 6 radical (unpaired) electrons. The number of allylic oxidation sites excluding steroid dienone is 4. The molecule has 0 saturated carbocycles. The first kappa shape index (κ1) is 47.3. The van der Waals surface area contributed by atoms with Crippen LogP contribution >= 0.6 is 0 Å². The zero-order chi connectivity index (χ0) is 37.4. The van der Waals surface area contributed by atoms with Crippen molar-refractivity contribution in [1.82, 2.24) is 0 Å². The molecule has 4 heteroatoms. The Morgan fingerprint density at radius 2 is 0.630 bits per heavy atom. The molecule has 258 valence electrons. The third kappa shape index (κ3) is 22.0. The number of hydrogen-bond donors (Lipinski definition) is 0. The molecule has 0 aliphatic carbocycles. The van der Waals surface area contributed by atoms with Gasteiger partial charge in [0.1, 0.15) is 0 Å². The minimum absolute atomic E-state index is 0.157. The van der Waals surface area contributed by atoms with Gasteiger partial charge in [0.2, 0.25) is 0 Å². The van der Waals surface area contributed by atoms with Gasteiger partial charge in [-0.1, -0.05) is 149 Å². The van der Waals surface area contributed by atoms with Crippen LogP contribution in [0.1, 0.15) is 176 Å². The van der Waals surface area contributed by atoms with Crippen molar-refractivity contribution < 1.29 is 0 Å². The summed E-state index contributed by atoms with van der Waals surface area (Å²) in [4.78, 5) is 0. The minimum Gasteiger partial charge on any atom is -0.126 e. The zero-order valence-corrected chi connectivity index (χ0v) is 34.8. The molecule has 0 N–H and O–H groups in total. The zero-order valence-electron chi connectivity index (χ0n) is 34.8. The van der Waals surface area contributed by atoms with Gasteiger partial charge in [0, 0.05) is 15.5 Å². The van der Waals surface area contributed by atoms with Crippen molar-refractivity contribution in [3.8, 4) is 0 Å². The Labute approximate surface area is 296 Å². The van der Waals surface area contributed by atoms with Crippen LogP contribution < -0.4 is 0 Å². The second-order valence-corrected chi connectivity index (χ2v) is 21.8. The van der Waals surface area contributed by atoms with Crippen molar-refractivity contribution in [1.29, 1.82) is 0 Å². The van der Waals surface area contributed by atoms with Gasteiger partial charge in [-0.2, -0.15) is 0 Å². The van der Waals surface area contributed by atoms with E-state index in [2.05, 4.69) is 151 Å². The van der Waals surface area contributed by atoms with E-state index in [0.29, 0.717) is 10.8 Å². The van der Waals surface area contributed by atoms with Crippen LogP contribution in [0.5, 0.6) is 0 Å². The predicted octanol–water partition coefficient (Wildman–Crippen LogP) is 13.1. The molecule has 0 aromatic rings. The Bertz CT molecular complexity index is 921. The third-order valence-electron chi connectivity index (χ3n) is 9.04. The molecule has 46 heavy (non-hydrogen) atoms. The first-order chi connectivity index (χ1) is 20.0. The van der Waals surface area contributed by atoms with Crippen molar-refractivity contribution in [2.45, 2.75) is 176 Å². The predicted molar refractivity (Wildman–Crippen MR) is 218 cm³/mol. The maximum atomic E-state index is 5.61. The Morgan fingerprint density at radius 1 is 0.391 bits per heavy atom. The van der Waals surface area contributed by atoms with Gasteiger partial charge in [0.05, 0.1) is 14.3 Å². The van der Waals surface area contributed by atoms with E-state index in [9.17, 15) is 0 Å². The van der Waals surface area contributed by atoms with Crippen molar-refractivity contribution in [2.75, 3.05) is 0 Å². The van der Waals surface area contributed by atoms with E-state index in [-0.39, 0.29) is 32.5 Å². The third-order valence-corrected chi connectivity index (χ3v) is 9.04. The Morgan fingerprint density at radius 3 is 0.826 bits per heavy atom. The smallest absolute Gasteiger partial charge is 0.0893 e. The second-order valence-electron chi connectivity index (χ2n) is 21.8. The van der Waals surface area contributed by atoms with Crippen LogP contribution in [0.25, 0.3) is 0 Å². The summed E-state index contributed by atoms with van der Waals surface area (Å²) in [5, 5.41) is 0. The van der Waals surface area contributed by atoms with Crippen molar-refractivity contribution in [3.63, 3.8) is 0 Å². The fraction of sp³-hybridized carbons (Fsp3) is 0.810. The summed E-state index contributed by atoms with van der Waals surface area (Å²) in [5.41, 5.74) is 6.63. The van der Waals surface area contributed by atoms with Crippen LogP contribution in [0.15, 0.2) is 48.4 Å². The molecule has 0 aromatic heterocycles. The first-order valence-electron chi connectivity index (χ1n) is 17.8. The standard InChI is InChI=1S/2C21H39B2/c2*1-16(12-18(3,4)5)21(10,11)15-20(8,9)14-19(6,7)13-17(2)23-22/h2*1-2,12-15H2,3-11H3. The fourth-order valence-electron chi connectivity index (χ4n) is 8.59. The normalized spacial score (nSPS) is 13.8. The molecule has 0 aliphatic heterocycles. The molecule has 0 spiro atoms. The Balaban J connectivity index is 0. The molecule has 0 aliphatic rings. The maximum absolute atomic E-state index is 5.61. The van der Waals surface area contributed by atoms with Gasteiger partial charge < -0.3 is 0 Å². The average molecular weight is 626 g/mol. The molecule has 0 unspecified atom stereocenters. The molecular formula is C42H78B4. The summed E-state index contributed by atoms with van der Waals surface area (Å²) in [6.45, 7) is 58.9. The molecule has 0 nitrogen and oxygen atoms in total. The van der Waals surface area contributed by atoms with E-state index in [4.69, 9.17) is 15.5 Å². The van der Waals surface area contributed by atoms with Crippen LogP contribution in [-0.2, 0) is 0 Å². The van der Waals surface area contributed by atoms with Crippen LogP contribution in [0.4, 0.5) is 0 Å². The Hall–Kier alpha value is -0.780. The molecule has 0 saturated heterocycles. The minimum atomic E-state index is 0.157. The first-order valence-corrected chi connectivity index (χ1v) is 17.8. The van der Waals surface area contributed by atoms with E-state index >= 15 is 0 Å². The quantitative estimate of drug-likeness (QED) is 0.105. The van der Waals surface area contributed by atoms with Gasteiger partial charge in [0.15, 0.2) is 0 Å². The summed E-state index contributed by atoms with van der Waals surface area (Å²) in [6.07, 6.45) is 8.68. The number of hydrogen-bond acceptors (Lipinski definition) is 0. The van der Waals surface area contributed by atoms with Crippen LogP contribution in [0, 0.1) is 43.3 Å². The van der Waals surface area contributed by atoms with Crippen LogP contribution in [0.2, 0.25) is 0 Å². The fourth-order valence-corrected chi connectivity index (χ4v) is 8.59. The van der Waals surface area contributed by atoms with Crippen LogP contribution in [-0.4, -0.2) is 29.8 Å². The van der Waals surface area contributed by atoms with Gasteiger partial charge in [-0.25, -0.2) is 0 Å². The highest BCUT2D eigenvalue weighted by Crippen LogP contribution is 2.49. The Kier molecular flexibility index (Phi) is 17.7. The summed E-state index contributed by atoms with van der Waals surface area (Å²) in [5.74, 6) is 0.